The molecule has 1 aromatic heterocycles. The third-order valence-electron chi connectivity index (χ3n) is 4.57. The molecule has 3 aromatic rings. The fourth-order valence-corrected chi connectivity index (χ4v) is 4.68. The molecule has 0 spiro atoms. The highest BCUT2D eigenvalue weighted by Crippen LogP contribution is 2.31. The molecular formula is C19H19ClN4O2S. The minimum atomic E-state index is -3.82. The van der Waals surface area contributed by atoms with Crippen molar-refractivity contribution in [3.8, 4) is 0 Å². The van der Waals surface area contributed by atoms with Gasteiger partial charge in [0.15, 0.2) is 5.03 Å². The van der Waals surface area contributed by atoms with E-state index in [1.54, 1.807) is 23.7 Å². The summed E-state index contributed by atoms with van der Waals surface area (Å²) in [5, 5.41) is 3.93. The Morgan fingerprint density at radius 3 is 2.70 bits per heavy atom. The predicted octanol–water partition coefficient (Wildman–Crippen LogP) is 3.44. The summed E-state index contributed by atoms with van der Waals surface area (Å²) in [5.74, 6) is 0. The number of hydrogen-bond acceptors (Lipinski definition) is 4. The van der Waals surface area contributed by atoms with Crippen molar-refractivity contribution in [1.82, 2.24) is 9.55 Å². The molecule has 4 rings (SSSR count). The van der Waals surface area contributed by atoms with Crippen LogP contribution in [0.15, 0.2) is 60.0 Å². The molecular weight excluding hydrogens is 384 g/mol. The number of nitrogens with one attached hydrogen (secondary N) is 1. The van der Waals surface area contributed by atoms with Crippen LogP contribution in [0.5, 0.6) is 0 Å². The Kier molecular flexibility index (Phi) is 4.57. The summed E-state index contributed by atoms with van der Waals surface area (Å²) in [7, 11) is -2.07. The number of aromatic nitrogens is 2. The first-order valence-corrected chi connectivity index (χ1v) is 10.4. The molecule has 0 fully saturated rings. The van der Waals surface area contributed by atoms with E-state index in [0.717, 1.165) is 24.2 Å². The average Bonchev–Trinajstić information content (AvgIpc) is 3.29. The van der Waals surface area contributed by atoms with E-state index in [2.05, 4.69) is 10.3 Å². The number of hydrogen-bond donors (Lipinski definition) is 1. The molecule has 0 radical (unpaired) electrons. The zero-order valence-corrected chi connectivity index (χ0v) is 16.3. The minimum absolute atomic E-state index is 0.0208. The van der Waals surface area contributed by atoms with E-state index in [0.29, 0.717) is 10.7 Å². The molecule has 2 aromatic carbocycles. The fourth-order valence-electron chi connectivity index (χ4n) is 3.14. The van der Waals surface area contributed by atoms with Crippen LogP contribution >= 0.6 is 11.6 Å². The Hall–Kier alpha value is -2.51. The number of sulfonamides is 1. The standard InChI is InChI=1S/C19H19ClN4O2S/c1-23-12-19(22-13-23)27(25,26)24(11-14-2-5-16(20)6-3-14)17-7-4-15-8-9-21-18(15)10-17/h2-7,10,12-13,21H,8-9,11H2,1H3. The molecule has 0 amide bonds. The van der Waals surface area contributed by atoms with E-state index in [9.17, 15) is 8.42 Å². The van der Waals surface area contributed by atoms with Crippen LogP contribution in [-0.4, -0.2) is 24.5 Å². The van der Waals surface area contributed by atoms with E-state index >= 15 is 0 Å². The average molecular weight is 403 g/mol. The fraction of sp³-hybridized carbons (Fsp3) is 0.211. The van der Waals surface area contributed by atoms with E-state index in [4.69, 9.17) is 11.6 Å². The Bertz CT molecular complexity index is 1080. The molecule has 0 bridgehead atoms. The molecule has 1 aliphatic rings. The van der Waals surface area contributed by atoms with Crippen molar-refractivity contribution in [3.63, 3.8) is 0 Å². The van der Waals surface area contributed by atoms with Gasteiger partial charge in [-0.1, -0.05) is 29.8 Å². The van der Waals surface area contributed by atoms with Gasteiger partial charge in [-0.05, 0) is 41.8 Å². The largest absolute Gasteiger partial charge is 0.384 e. The smallest absolute Gasteiger partial charge is 0.283 e. The summed E-state index contributed by atoms with van der Waals surface area (Å²) in [4.78, 5) is 4.06. The molecule has 2 heterocycles. The first-order valence-electron chi connectivity index (χ1n) is 8.55. The number of fused-ring (bicyclic) bond motifs is 1. The number of aryl methyl sites for hydroxylation is 1. The number of benzene rings is 2. The van der Waals surface area contributed by atoms with Crippen LogP contribution in [0.2, 0.25) is 5.02 Å². The Labute approximate surface area is 163 Å². The summed E-state index contributed by atoms with van der Waals surface area (Å²) >= 11 is 5.96. The lowest BCUT2D eigenvalue weighted by atomic mass is 10.1. The molecule has 1 N–H and O–H groups in total. The van der Waals surface area contributed by atoms with Crippen molar-refractivity contribution in [2.45, 2.75) is 18.0 Å². The van der Waals surface area contributed by atoms with E-state index in [1.807, 2.05) is 30.3 Å². The van der Waals surface area contributed by atoms with E-state index in [1.165, 1.54) is 22.4 Å². The Morgan fingerprint density at radius 1 is 1.22 bits per heavy atom. The first-order chi connectivity index (χ1) is 12.9. The normalized spacial score (nSPS) is 13.3. The van der Waals surface area contributed by atoms with Crippen LogP contribution in [0, 0.1) is 0 Å². The summed E-state index contributed by atoms with van der Waals surface area (Å²) in [6.45, 7) is 1.05. The molecule has 0 aliphatic carbocycles. The second kappa shape index (κ2) is 6.90. The number of rotatable bonds is 5. The Balaban J connectivity index is 1.78. The third-order valence-corrected chi connectivity index (χ3v) is 6.48. The highest BCUT2D eigenvalue weighted by atomic mass is 35.5. The van der Waals surface area contributed by atoms with Gasteiger partial charge in [-0.25, -0.2) is 4.98 Å². The summed E-state index contributed by atoms with van der Waals surface area (Å²) < 4.78 is 29.7. The molecule has 0 unspecified atom stereocenters. The number of imidazole rings is 1. The van der Waals surface area contributed by atoms with Crippen LogP contribution in [0.1, 0.15) is 11.1 Å². The number of halogens is 1. The minimum Gasteiger partial charge on any atom is -0.384 e. The van der Waals surface area contributed by atoms with Gasteiger partial charge in [-0.3, -0.25) is 4.31 Å². The zero-order valence-electron chi connectivity index (χ0n) is 14.8. The van der Waals surface area contributed by atoms with Gasteiger partial charge < -0.3 is 9.88 Å². The molecule has 6 nitrogen and oxygen atoms in total. The van der Waals surface area contributed by atoms with Gasteiger partial charge >= 0.3 is 0 Å². The van der Waals surface area contributed by atoms with Gasteiger partial charge in [-0.2, -0.15) is 8.42 Å². The number of anilines is 2. The molecule has 140 valence electrons. The van der Waals surface area contributed by atoms with Crippen molar-refractivity contribution in [1.29, 1.82) is 0 Å². The van der Waals surface area contributed by atoms with Gasteiger partial charge in [-0.15, -0.1) is 0 Å². The Morgan fingerprint density at radius 2 is 2.00 bits per heavy atom. The van der Waals surface area contributed by atoms with Crippen molar-refractivity contribution < 1.29 is 8.42 Å². The third kappa shape index (κ3) is 3.52. The SMILES string of the molecule is Cn1cnc(S(=O)(=O)N(Cc2ccc(Cl)cc2)c2ccc3c(c2)NCC3)c1. The monoisotopic (exact) mass is 402 g/mol. The maximum atomic E-state index is 13.3. The van der Waals surface area contributed by atoms with Gasteiger partial charge in [0, 0.05) is 30.5 Å². The van der Waals surface area contributed by atoms with Crippen LogP contribution in [0.25, 0.3) is 0 Å². The maximum absolute atomic E-state index is 13.3. The van der Waals surface area contributed by atoms with Crippen molar-refractivity contribution >= 4 is 33.0 Å². The van der Waals surface area contributed by atoms with Crippen LogP contribution in [0.3, 0.4) is 0 Å². The van der Waals surface area contributed by atoms with Crippen LogP contribution in [-0.2, 0) is 30.0 Å². The lowest BCUT2D eigenvalue weighted by Gasteiger charge is -2.24. The van der Waals surface area contributed by atoms with Gasteiger partial charge in [0.2, 0.25) is 0 Å². The van der Waals surface area contributed by atoms with Gasteiger partial charge in [0.25, 0.3) is 10.0 Å². The topological polar surface area (TPSA) is 67.2 Å². The van der Waals surface area contributed by atoms with E-state index in [-0.39, 0.29) is 11.6 Å². The van der Waals surface area contributed by atoms with Crippen LogP contribution in [0.4, 0.5) is 11.4 Å². The summed E-state index contributed by atoms with van der Waals surface area (Å²) in [6.07, 6.45) is 3.94. The highest BCUT2D eigenvalue weighted by molar-refractivity contribution is 7.92. The predicted molar refractivity (Wildman–Crippen MR) is 107 cm³/mol. The zero-order chi connectivity index (χ0) is 19.0. The lowest BCUT2D eigenvalue weighted by molar-refractivity contribution is 0.587. The van der Waals surface area contributed by atoms with Gasteiger partial charge in [0.05, 0.1) is 18.6 Å². The van der Waals surface area contributed by atoms with Crippen molar-refractivity contribution in [2.75, 3.05) is 16.2 Å². The maximum Gasteiger partial charge on any atom is 0.283 e. The van der Waals surface area contributed by atoms with Crippen molar-refractivity contribution in [2.24, 2.45) is 7.05 Å². The summed E-state index contributed by atoms with van der Waals surface area (Å²) in [5.41, 5.74) is 3.61. The summed E-state index contributed by atoms with van der Waals surface area (Å²) in [6, 6.07) is 12.9. The molecule has 0 saturated heterocycles. The highest BCUT2D eigenvalue weighted by Gasteiger charge is 2.28. The molecule has 0 saturated carbocycles. The molecule has 1 aliphatic heterocycles. The second-order valence-corrected chi connectivity index (χ2v) is 8.78. The van der Waals surface area contributed by atoms with Gasteiger partial charge in [0.1, 0.15) is 0 Å². The number of nitrogens with zero attached hydrogens (tertiary/aromatic N) is 3. The quantitative estimate of drug-likeness (QED) is 0.709. The molecule has 0 atom stereocenters. The molecule has 27 heavy (non-hydrogen) atoms. The first kappa shape index (κ1) is 17.9. The lowest BCUT2D eigenvalue weighted by Crippen LogP contribution is -2.31. The molecule has 8 heteroatoms. The van der Waals surface area contributed by atoms with Crippen LogP contribution < -0.4 is 9.62 Å². The van der Waals surface area contributed by atoms with Crippen molar-refractivity contribution in [3.05, 3.63) is 71.1 Å². The second-order valence-electron chi connectivity index (χ2n) is 6.53. The van der Waals surface area contributed by atoms with E-state index < -0.39 is 10.0 Å².